The Balaban J connectivity index is 1.66. The molecule has 8 heteroatoms. The molecule has 0 saturated carbocycles. The molecule has 0 bridgehead atoms. The van der Waals surface area contributed by atoms with Crippen LogP contribution in [0.1, 0.15) is 11.3 Å². The van der Waals surface area contributed by atoms with Crippen LogP contribution in [0, 0.1) is 0 Å². The lowest BCUT2D eigenvalue weighted by Crippen LogP contribution is -2.04. The van der Waals surface area contributed by atoms with Crippen LogP contribution in [0.5, 0.6) is 0 Å². The van der Waals surface area contributed by atoms with Crippen molar-refractivity contribution in [1.82, 2.24) is 24.5 Å². The Morgan fingerprint density at radius 1 is 1.17 bits per heavy atom. The summed E-state index contributed by atoms with van der Waals surface area (Å²) in [6.45, 7) is 1.12. The molecule has 0 unspecified atom stereocenters. The van der Waals surface area contributed by atoms with Crippen molar-refractivity contribution in [3.8, 4) is 0 Å². The average Bonchev–Trinajstić information content (AvgIpc) is 3.24. The topological polar surface area (TPSA) is 81.7 Å². The Morgan fingerprint density at radius 2 is 2.04 bits per heavy atom. The van der Waals surface area contributed by atoms with Crippen LogP contribution in [0.25, 0.3) is 11.2 Å². The van der Waals surface area contributed by atoms with Crippen molar-refractivity contribution in [3.63, 3.8) is 0 Å². The van der Waals surface area contributed by atoms with E-state index in [4.69, 9.17) is 16.0 Å². The molecule has 0 radical (unpaired) electrons. The van der Waals surface area contributed by atoms with Crippen LogP contribution in [-0.2, 0) is 13.1 Å². The molecule has 0 aliphatic heterocycles. The van der Waals surface area contributed by atoms with Crippen molar-refractivity contribution >= 4 is 28.6 Å². The Labute approximate surface area is 142 Å². The maximum absolute atomic E-state index is 6.08. The van der Waals surface area contributed by atoms with Crippen LogP contribution in [0.3, 0.4) is 0 Å². The van der Waals surface area contributed by atoms with Crippen LogP contribution >= 0.6 is 11.6 Å². The zero-order chi connectivity index (χ0) is 16.4. The van der Waals surface area contributed by atoms with Gasteiger partial charge in [0.1, 0.15) is 5.76 Å². The molecule has 120 valence electrons. The first-order chi connectivity index (χ1) is 11.8. The molecule has 0 spiro atoms. The molecule has 1 N–H and O–H groups in total. The molecule has 0 amide bonds. The highest BCUT2D eigenvalue weighted by Gasteiger charge is 2.13. The van der Waals surface area contributed by atoms with Gasteiger partial charge in [-0.1, -0.05) is 0 Å². The Bertz CT molecular complexity index is 952. The van der Waals surface area contributed by atoms with Crippen LogP contribution in [0.15, 0.2) is 53.7 Å². The van der Waals surface area contributed by atoms with Crippen molar-refractivity contribution in [2.75, 3.05) is 5.32 Å². The first kappa shape index (κ1) is 14.6. The summed E-state index contributed by atoms with van der Waals surface area (Å²) in [6, 6.07) is 7.62. The lowest BCUT2D eigenvalue weighted by molar-refractivity contribution is 0.518. The zero-order valence-corrected chi connectivity index (χ0v) is 13.3. The number of furan rings is 1. The van der Waals surface area contributed by atoms with Gasteiger partial charge in [0.15, 0.2) is 17.0 Å². The number of halogens is 1. The molecule has 24 heavy (non-hydrogen) atoms. The highest BCUT2D eigenvalue weighted by Crippen LogP contribution is 2.22. The number of aromatic nitrogens is 5. The normalized spacial score (nSPS) is 11.0. The van der Waals surface area contributed by atoms with Gasteiger partial charge in [-0.05, 0) is 41.4 Å². The van der Waals surface area contributed by atoms with Crippen molar-refractivity contribution < 1.29 is 4.42 Å². The fourth-order valence-corrected chi connectivity index (χ4v) is 2.59. The van der Waals surface area contributed by atoms with Crippen molar-refractivity contribution in [1.29, 1.82) is 0 Å². The summed E-state index contributed by atoms with van der Waals surface area (Å²) in [4.78, 5) is 17.0. The fourth-order valence-electron chi connectivity index (χ4n) is 2.43. The van der Waals surface area contributed by atoms with Gasteiger partial charge in [-0.15, -0.1) is 0 Å². The second-order valence-corrected chi connectivity index (χ2v) is 5.51. The molecule has 4 aromatic heterocycles. The highest BCUT2D eigenvalue weighted by molar-refractivity contribution is 6.28. The molecule has 4 aromatic rings. The van der Waals surface area contributed by atoms with E-state index in [0.29, 0.717) is 30.1 Å². The minimum absolute atomic E-state index is 0.168. The number of hydrogen-bond donors (Lipinski definition) is 1. The summed E-state index contributed by atoms with van der Waals surface area (Å²) in [6.07, 6.45) is 6.87. The SMILES string of the molecule is Clc1nc(NCc2ccco2)c2ncn(Cc3ccncc3)c2n1. The van der Waals surface area contributed by atoms with Gasteiger partial charge in [0.05, 0.1) is 25.7 Å². The second-order valence-electron chi connectivity index (χ2n) is 5.17. The fraction of sp³-hybridized carbons (Fsp3) is 0.125. The molecule has 0 fully saturated rings. The molecule has 0 saturated heterocycles. The number of anilines is 1. The van der Waals surface area contributed by atoms with E-state index in [2.05, 4.69) is 25.3 Å². The van der Waals surface area contributed by atoms with Crippen molar-refractivity contribution in [2.45, 2.75) is 13.1 Å². The van der Waals surface area contributed by atoms with E-state index in [1.165, 1.54) is 0 Å². The van der Waals surface area contributed by atoms with Gasteiger partial charge in [0, 0.05) is 12.4 Å². The van der Waals surface area contributed by atoms with Gasteiger partial charge in [-0.2, -0.15) is 9.97 Å². The Hall–Kier alpha value is -2.93. The van der Waals surface area contributed by atoms with Crippen LogP contribution in [0.4, 0.5) is 5.82 Å². The minimum atomic E-state index is 0.168. The Morgan fingerprint density at radius 3 is 2.83 bits per heavy atom. The lowest BCUT2D eigenvalue weighted by Gasteiger charge is -2.07. The standard InChI is InChI=1S/C16H13ClN6O/c17-16-21-14(19-8-12-2-1-7-24-12)13-15(22-16)23(10-20-13)9-11-3-5-18-6-4-11/h1-7,10H,8-9H2,(H,19,21,22). The van der Waals surface area contributed by atoms with E-state index < -0.39 is 0 Å². The van der Waals surface area contributed by atoms with E-state index in [1.807, 2.05) is 28.8 Å². The van der Waals surface area contributed by atoms with Crippen LogP contribution in [0.2, 0.25) is 5.28 Å². The van der Waals surface area contributed by atoms with E-state index in [-0.39, 0.29) is 5.28 Å². The molecule has 4 heterocycles. The van der Waals surface area contributed by atoms with Gasteiger partial charge >= 0.3 is 0 Å². The summed E-state index contributed by atoms with van der Waals surface area (Å²) in [5.74, 6) is 1.38. The number of imidazole rings is 1. The monoisotopic (exact) mass is 340 g/mol. The maximum atomic E-state index is 6.08. The molecule has 0 atom stereocenters. The third-order valence-electron chi connectivity index (χ3n) is 3.55. The minimum Gasteiger partial charge on any atom is -0.467 e. The predicted octanol–water partition coefficient (Wildman–Crippen LogP) is 3.13. The number of rotatable bonds is 5. The lowest BCUT2D eigenvalue weighted by atomic mass is 10.3. The highest BCUT2D eigenvalue weighted by atomic mass is 35.5. The summed E-state index contributed by atoms with van der Waals surface area (Å²) in [5.41, 5.74) is 2.44. The van der Waals surface area contributed by atoms with Crippen molar-refractivity contribution in [3.05, 3.63) is 65.9 Å². The third-order valence-corrected chi connectivity index (χ3v) is 3.72. The van der Waals surface area contributed by atoms with Crippen LogP contribution in [-0.4, -0.2) is 24.5 Å². The summed E-state index contributed by atoms with van der Waals surface area (Å²) in [5, 5.41) is 3.36. The van der Waals surface area contributed by atoms with Gasteiger partial charge in [-0.3, -0.25) is 4.98 Å². The smallest absolute Gasteiger partial charge is 0.226 e. The molecule has 0 aliphatic carbocycles. The molecular weight excluding hydrogens is 328 g/mol. The zero-order valence-electron chi connectivity index (χ0n) is 12.6. The summed E-state index contributed by atoms with van der Waals surface area (Å²) < 4.78 is 7.24. The molecule has 0 aliphatic rings. The van der Waals surface area contributed by atoms with Crippen molar-refractivity contribution in [2.24, 2.45) is 0 Å². The number of pyridine rings is 1. The summed E-state index contributed by atoms with van der Waals surface area (Å²) in [7, 11) is 0. The van der Waals surface area contributed by atoms with E-state index in [1.54, 1.807) is 25.0 Å². The average molecular weight is 341 g/mol. The first-order valence-corrected chi connectivity index (χ1v) is 7.71. The van der Waals surface area contributed by atoms with Crippen LogP contribution < -0.4 is 5.32 Å². The summed E-state index contributed by atoms with van der Waals surface area (Å²) >= 11 is 6.08. The number of nitrogens with zero attached hydrogens (tertiary/aromatic N) is 5. The largest absolute Gasteiger partial charge is 0.467 e. The van der Waals surface area contributed by atoms with Gasteiger partial charge < -0.3 is 14.3 Å². The predicted molar refractivity (Wildman–Crippen MR) is 89.7 cm³/mol. The number of hydrogen-bond acceptors (Lipinski definition) is 6. The van der Waals surface area contributed by atoms with E-state index >= 15 is 0 Å². The van der Waals surface area contributed by atoms with Gasteiger partial charge in [0.25, 0.3) is 0 Å². The third kappa shape index (κ3) is 2.93. The molecule has 0 aromatic carbocycles. The Kier molecular flexibility index (Phi) is 3.84. The van der Waals surface area contributed by atoms with Gasteiger partial charge in [0.2, 0.25) is 5.28 Å². The molecule has 7 nitrogen and oxygen atoms in total. The maximum Gasteiger partial charge on any atom is 0.226 e. The number of fused-ring (bicyclic) bond motifs is 1. The first-order valence-electron chi connectivity index (χ1n) is 7.33. The molecular formula is C16H13ClN6O. The van der Waals surface area contributed by atoms with E-state index in [9.17, 15) is 0 Å². The van der Waals surface area contributed by atoms with Gasteiger partial charge in [-0.25, -0.2) is 4.98 Å². The molecule has 4 rings (SSSR count). The van der Waals surface area contributed by atoms with E-state index in [0.717, 1.165) is 11.3 Å². The second kappa shape index (κ2) is 6.29. The quantitative estimate of drug-likeness (QED) is 0.562. The number of nitrogens with one attached hydrogen (secondary N) is 1.